The number of carboxylic acids is 1. The number of carboxylic acid groups (broad SMARTS) is 1. The summed E-state index contributed by atoms with van der Waals surface area (Å²) in [6.07, 6.45) is 14.4. The van der Waals surface area contributed by atoms with Crippen molar-refractivity contribution < 1.29 is 19.4 Å². The number of aliphatic carboxylic acids is 1. The summed E-state index contributed by atoms with van der Waals surface area (Å²) in [5, 5.41) is 8.62. The van der Waals surface area contributed by atoms with Gasteiger partial charge in [-0.3, -0.25) is 9.59 Å². The number of unbranched alkanes of at least 4 members (excludes halogenated alkanes) is 9. The molecule has 0 heterocycles. The first-order chi connectivity index (χ1) is 12.0. The summed E-state index contributed by atoms with van der Waals surface area (Å²) in [5.74, 6) is -1.42. The van der Waals surface area contributed by atoms with Crippen LogP contribution >= 0.6 is 0 Å². The molecule has 5 heteroatoms. The summed E-state index contributed by atoms with van der Waals surface area (Å²) in [4.78, 5) is 22.4. The largest absolute Gasteiger partial charge is 0.481 e. The van der Waals surface area contributed by atoms with E-state index in [2.05, 4.69) is 6.92 Å². The molecule has 148 valence electrons. The topological polar surface area (TPSA) is 89.6 Å². The second kappa shape index (κ2) is 16.4. The van der Waals surface area contributed by atoms with Gasteiger partial charge in [-0.15, -0.1) is 0 Å². The van der Waals surface area contributed by atoms with Crippen LogP contribution in [-0.2, 0) is 14.3 Å². The van der Waals surface area contributed by atoms with E-state index in [0.29, 0.717) is 0 Å². The van der Waals surface area contributed by atoms with Crippen molar-refractivity contribution in [3.05, 3.63) is 0 Å². The van der Waals surface area contributed by atoms with Crippen LogP contribution in [0.2, 0.25) is 0 Å². The smallest absolute Gasteiger partial charge is 0.323 e. The molecular weight excluding hydrogens is 318 g/mol. The molecule has 0 saturated carbocycles. The quantitative estimate of drug-likeness (QED) is 0.288. The molecule has 0 radical (unpaired) electrons. The predicted molar refractivity (Wildman–Crippen MR) is 101 cm³/mol. The molecule has 0 aromatic rings. The molecule has 2 atom stereocenters. The van der Waals surface area contributed by atoms with Crippen LogP contribution in [-0.4, -0.2) is 29.2 Å². The monoisotopic (exact) mass is 357 g/mol. The molecule has 25 heavy (non-hydrogen) atoms. The van der Waals surface area contributed by atoms with Crippen LogP contribution < -0.4 is 5.73 Å². The fraction of sp³-hybridized carbons (Fsp3) is 0.900. The molecule has 0 aromatic heterocycles. The summed E-state index contributed by atoms with van der Waals surface area (Å²) in [6.45, 7) is 4.24. The van der Waals surface area contributed by atoms with Gasteiger partial charge in [0.25, 0.3) is 0 Å². The lowest BCUT2D eigenvalue weighted by Gasteiger charge is -2.18. The maximum atomic E-state index is 11.9. The zero-order valence-electron chi connectivity index (χ0n) is 16.3. The lowest BCUT2D eigenvalue weighted by atomic mass is 10.0. The SMILES string of the molecule is CCCCCCCCCCCCC(CC)OC(=O)[C@@H](N)CCC(=O)O. The van der Waals surface area contributed by atoms with Crippen molar-refractivity contribution >= 4 is 11.9 Å². The summed E-state index contributed by atoms with van der Waals surface area (Å²) >= 11 is 0. The van der Waals surface area contributed by atoms with Crippen molar-refractivity contribution in [3.8, 4) is 0 Å². The van der Waals surface area contributed by atoms with Gasteiger partial charge in [0, 0.05) is 6.42 Å². The van der Waals surface area contributed by atoms with Crippen LogP contribution in [0.3, 0.4) is 0 Å². The lowest BCUT2D eigenvalue weighted by Crippen LogP contribution is -2.35. The van der Waals surface area contributed by atoms with E-state index >= 15 is 0 Å². The highest BCUT2D eigenvalue weighted by Gasteiger charge is 2.20. The molecular formula is C20H39NO4. The van der Waals surface area contributed by atoms with Crippen molar-refractivity contribution in [3.63, 3.8) is 0 Å². The summed E-state index contributed by atoms with van der Waals surface area (Å²) in [5.41, 5.74) is 5.68. The molecule has 1 unspecified atom stereocenters. The van der Waals surface area contributed by atoms with Crippen molar-refractivity contribution in [2.24, 2.45) is 5.73 Å². The summed E-state index contributed by atoms with van der Waals surface area (Å²) in [6, 6.07) is -0.835. The van der Waals surface area contributed by atoms with Gasteiger partial charge >= 0.3 is 11.9 Å². The average molecular weight is 358 g/mol. The number of ether oxygens (including phenoxy) is 1. The fourth-order valence-corrected chi connectivity index (χ4v) is 2.85. The van der Waals surface area contributed by atoms with Gasteiger partial charge in [0.2, 0.25) is 0 Å². The first kappa shape index (κ1) is 23.9. The van der Waals surface area contributed by atoms with Crippen LogP contribution in [0.5, 0.6) is 0 Å². The van der Waals surface area contributed by atoms with Gasteiger partial charge in [0.05, 0.1) is 0 Å². The van der Waals surface area contributed by atoms with Gasteiger partial charge in [0.1, 0.15) is 12.1 Å². The Balaban J connectivity index is 3.67. The normalized spacial score (nSPS) is 13.4. The van der Waals surface area contributed by atoms with Crippen molar-refractivity contribution in [2.75, 3.05) is 0 Å². The van der Waals surface area contributed by atoms with Crippen LogP contribution in [0.1, 0.15) is 104 Å². The zero-order chi connectivity index (χ0) is 18.9. The molecule has 0 aliphatic carbocycles. The molecule has 0 aliphatic heterocycles. The van der Waals surface area contributed by atoms with Crippen molar-refractivity contribution in [1.82, 2.24) is 0 Å². The average Bonchev–Trinajstić information content (AvgIpc) is 2.59. The molecule has 0 spiro atoms. The highest BCUT2D eigenvalue weighted by Crippen LogP contribution is 2.15. The third-order valence-electron chi connectivity index (χ3n) is 4.59. The van der Waals surface area contributed by atoms with E-state index in [1.54, 1.807) is 0 Å². The van der Waals surface area contributed by atoms with Crippen LogP contribution in [0.4, 0.5) is 0 Å². The highest BCUT2D eigenvalue weighted by molar-refractivity contribution is 5.76. The molecule has 5 nitrogen and oxygen atoms in total. The van der Waals surface area contributed by atoms with Crippen molar-refractivity contribution in [1.29, 1.82) is 0 Å². The number of carbonyl (C=O) groups excluding carboxylic acids is 1. The Morgan fingerprint density at radius 1 is 0.880 bits per heavy atom. The summed E-state index contributed by atoms with van der Waals surface area (Å²) in [7, 11) is 0. The van der Waals surface area contributed by atoms with E-state index in [9.17, 15) is 9.59 Å². The minimum absolute atomic E-state index is 0.0996. The van der Waals surface area contributed by atoms with Crippen LogP contribution in [0.25, 0.3) is 0 Å². The highest BCUT2D eigenvalue weighted by atomic mass is 16.5. The Hall–Kier alpha value is -1.10. The fourth-order valence-electron chi connectivity index (χ4n) is 2.85. The van der Waals surface area contributed by atoms with E-state index in [0.717, 1.165) is 19.3 Å². The third kappa shape index (κ3) is 14.9. The molecule has 0 rings (SSSR count). The number of hydrogen-bond acceptors (Lipinski definition) is 4. The number of carbonyl (C=O) groups is 2. The van der Waals surface area contributed by atoms with Gasteiger partial charge in [-0.05, 0) is 25.7 Å². The Labute approximate surface area is 153 Å². The van der Waals surface area contributed by atoms with Crippen molar-refractivity contribution in [2.45, 2.75) is 116 Å². The summed E-state index contributed by atoms with van der Waals surface area (Å²) < 4.78 is 5.42. The maximum Gasteiger partial charge on any atom is 0.323 e. The Morgan fingerprint density at radius 2 is 1.40 bits per heavy atom. The van der Waals surface area contributed by atoms with Gasteiger partial charge < -0.3 is 15.6 Å². The Bertz CT molecular complexity index is 347. The molecule has 0 bridgehead atoms. The van der Waals surface area contributed by atoms with E-state index in [-0.39, 0.29) is 18.9 Å². The number of hydrogen-bond donors (Lipinski definition) is 2. The number of nitrogens with two attached hydrogens (primary N) is 1. The second-order valence-electron chi connectivity index (χ2n) is 6.98. The minimum Gasteiger partial charge on any atom is -0.481 e. The van der Waals surface area contributed by atoms with Gasteiger partial charge in [0.15, 0.2) is 0 Å². The minimum atomic E-state index is -0.944. The predicted octanol–water partition coefficient (Wildman–Crippen LogP) is 4.81. The van der Waals surface area contributed by atoms with Crippen LogP contribution in [0, 0.1) is 0 Å². The van der Waals surface area contributed by atoms with E-state index in [1.165, 1.54) is 57.8 Å². The van der Waals surface area contributed by atoms with E-state index in [1.807, 2.05) is 6.92 Å². The standard InChI is InChI=1S/C20H39NO4/c1-3-5-6-7-8-9-10-11-12-13-14-17(4-2)25-20(24)18(21)15-16-19(22)23/h17-18H,3-16,21H2,1-2H3,(H,22,23)/t17?,18-/m0/s1. The third-order valence-corrected chi connectivity index (χ3v) is 4.59. The molecule has 0 saturated heterocycles. The Morgan fingerprint density at radius 3 is 1.88 bits per heavy atom. The molecule has 0 aromatic carbocycles. The second-order valence-corrected chi connectivity index (χ2v) is 6.98. The number of rotatable bonds is 17. The van der Waals surface area contributed by atoms with Gasteiger partial charge in [-0.25, -0.2) is 0 Å². The van der Waals surface area contributed by atoms with E-state index in [4.69, 9.17) is 15.6 Å². The maximum absolute atomic E-state index is 11.9. The molecule has 3 N–H and O–H groups in total. The first-order valence-corrected chi connectivity index (χ1v) is 10.2. The molecule has 0 aliphatic rings. The van der Waals surface area contributed by atoms with E-state index < -0.39 is 18.0 Å². The first-order valence-electron chi connectivity index (χ1n) is 10.2. The van der Waals surface area contributed by atoms with Gasteiger partial charge in [-0.2, -0.15) is 0 Å². The molecule has 0 amide bonds. The van der Waals surface area contributed by atoms with Crippen LogP contribution in [0.15, 0.2) is 0 Å². The molecule has 0 fully saturated rings. The number of esters is 1. The lowest BCUT2D eigenvalue weighted by molar-refractivity contribution is -0.151. The zero-order valence-corrected chi connectivity index (χ0v) is 16.3. The Kier molecular flexibility index (Phi) is 15.7. The van der Waals surface area contributed by atoms with Gasteiger partial charge in [-0.1, -0.05) is 71.6 Å².